The third-order valence-electron chi connectivity index (χ3n) is 3.09. The van der Waals surface area contributed by atoms with Crippen LogP contribution in [0, 0.1) is 0 Å². The van der Waals surface area contributed by atoms with E-state index in [0.717, 1.165) is 36.2 Å². The quantitative estimate of drug-likeness (QED) is 0.779. The summed E-state index contributed by atoms with van der Waals surface area (Å²) in [7, 11) is 2.69. The fourth-order valence-electron chi connectivity index (χ4n) is 2.22. The van der Waals surface area contributed by atoms with E-state index in [1.807, 2.05) is 24.3 Å². The van der Waals surface area contributed by atoms with Crippen molar-refractivity contribution in [3.63, 3.8) is 0 Å². The second-order valence-corrected chi connectivity index (χ2v) is 4.95. The van der Waals surface area contributed by atoms with E-state index in [1.54, 1.807) is 4.57 Å². The lowest BCUT2D eigenvalue weighted by Crippen LogP contribution is -2.24. The first kappa shape index (κ1) is 10.8. The first-order valence-electron chi connectivity index (χ1n) is 5.64. The summed E-state index contributed by atoms with van der Waals surface area (Å²) in [4.78, 5) is 14.9. The Morgan fingerprint density at radius 1 is 1.29 bits per heavy atom. The molecule has 0 saturated carbocycles. The van der Waals surface area contributed by atoms with Crippen molar-refractivity contribution in [3.05, 3.63) is 40.8 Å². The van der Waals surface area contributed by atoms with Crippen LogP contribution in [0.25, 0.3) is 16.7 Å². The summed E-state index contributed by atoms with van der Waals surface area (Å²) in [6, 6.07) is 7.79. The minimum Gasteiger partial charge on any atom is -0.305 e. The van der Waals surface area contributed by atoms with Gasteiger partial charge in [-0.15, -0.1) is 0 Å². The van der Waals surface area contributed by atoms with Gasteiger partial charge in [0.25, 0.3) is 0 Å². The normalized spacial score (nSPS) is 17.4. The molecule has 0 bridgehead atoms. The summed E-state index contributed by atoms with van der Waals surface area (Å²) in [5, 5.41) is 0. The number of aromatic amines is 1. The molecule has 1 aromatic carbocycles. The number of fused-ring (bicyclic) bond motifs is 1. The van der Waals surface area contributed by atoms with Crippen LogP contribution in [-0.4, -0.2) is 27.3 Å². The monoisotopic (exact) mass is 247 g/mol. The average molecular weight is 247 g/mol. The zero-order valence-electron chi connectivity index (χ0n) is 9.39. The first-order valence-corrected chi connectivity index (χ1v) is 6.16. The molecule has 0 fully saturated rings. The molecule has 88 valence electrons. The Labute approximate surface area is 101 Å². The number of hydrogen-bond donors (Lipinski definition) is 1. The highest BCUT2D eigenvalue weighted by Crippen LogP contribution is 2.20. The molecule has 1 unspecified atom stereocenters. The molecule has 3 rings (SSSR count). The van der Waals surface area contributed by atoms with E-state index >= 15 is 0 Å². The summed E-state index contributed by atoms with van der Waals surface area (Å²) in [6.45, 7) is 1.83. The van der Waals surface area contributed by atoms with E-state index in [0.29, 0.717) is 0 Å². The van der Waals surface area contributed by atoms with E-state index < -0.39 is 0 Å². The van der Waals surface area contributed by atoms with Crippen LogP contribution in [0.15, 0.2) is 35.1 Å². The summed E-state index contributed by atoms with van der Waals surface area (Å²) < 4.78 is 3.94. The minimum atomic E-state index is -0.0466. The van der Waals surface area contributed by atoms with Crippen molar-refractivity contribution in [1.82, 2.24) is 14.2 Å². The van der Waals surface area contributed by atoms with Crippen LogP contribution >= 0.6 is 9.39 Å². The molecule has 1 aromatic heterocycles. The Hall–Kier alpha value is -1.38. The van der Waals surface area contributed by atoms with Crippen LogP contribution in [0.2, 0.25) is 0 Å². The average Bonchev–Trinajstić information content (AvgIpc) is 2.66. The van der Waals surface area contributed by atoms with Crippen molar-refractivity contribution in [1.29, 1.82) is 0 Å². The van der Waals surface area contributed by atoms with Gasteiger partial charge in [0.05, 0.1) is 11.0 Å². The summed E-state index contributed by atoms with van der Waals surface area (Å²) in [5.74, 6) is 0. The number of hydrogen-bond acceptors (Lipinski definition) is 2. The molecule has 0 radical (unpaired) electrons. The van der Waals surface area contributed by atoms with Gasteiger partial charge >= 0.3 is 5.69 Å². The third-order valence-corrected chi connectivity index (χ3v) is 3.56. The number of benzene rings is 1. The maximum absolute atomic E-state index is 12.0. The van der Waals surface area contributed by atoms with Gasteiger partial charge in [-0.05, 0) is 12.1 Å². The number of imidazole rings is 1. The molecule has 17 heavy (non-hydrogen) atoms. The number of nitrogens with one attached hydrogen (secondary N) is 1. The van der Waals surface area contributed by atoms with E-state index in [-0.39, 0.29) is 5.69 Å². The van der Waals surface area contributed by atoms with Gasteiger partial charge in [0.15, 0.2) is 0 Å². The van der Waals surface area contributed by atoms with Crippen LogP contribution in [0.5, 0.6) is 0 Å². The molecule has 0 saturated heterocycles. The third kappa shape index (κ3) is 1.84. The molecule has 1 aliphatic rings. The maximum Gasteiger partial charge on any atom is 0.330 e. The Morgan fingerprint density at radius 3 is 2.88 bits per heavy atom. The van der Waals surface area contributed by atoms with Crippen molar-refractivity contribution < 1.29 is 0 Å². The lowest BCUT2D eigenvalue weighted by atomic mass is 10.2. The smallest absolute Gasteiger partial charge is 0.305 e. The van der Waals surface area contributed by atoms with Gasteiger partial charge in [-0.2, -0.15) is 0 Å². The second kappa shape index (κ2) is 4.13. The molecular weight excluding hydrogens is 233 g/mol. The van der Waals surface area contributed by atoms with E-state index in [9.17, 15) is 4.79 Å². The van der Waals surface area contributed by atoms with Crippen molar-refractivity contribution in [2.24, 2.45) is 0 Å². The van der Waals surface area contributed by atoms with Gasteiger partial charge in [-0.25, -0.2) is 4.79 Å². The van der Waals surface area contributed by atoms with Crippen LogP contribution < -0.4 is 5.69 Å². The Balaban J connectivity index is 2.17. The molecule has 1 aliphatic heterocycles. The number of para-hydroxylation sites is 2. The fraction of sp³-hybridized carbons (Fsp3) is 0.250. The summed E-state index contributed by atoms with van der Waals surface area (Å²) >= 11 is 0. The Bertz CT molecular complexity index is 640. The van der Waals surface area contributed by atoms with Crippen molar-refractivity contribution in [3.8, 4) is 0 Å². The predicted octanol–water partition coefficient (Wildman–Crippen LogP) is 1.67. The highest BCUT2D eigenvalue weighted by molar-refractivity contribution is 7.13. The SMILES string of the molecule is O=c1[nH]c2ccccc2n1C1=CCN(P)CC1. The van der Waals surface area contributed by atoms with Gasteiger partial charge in [-0.3, -0.25) is 9.24 Å². The number of H-pyrrole nitrogens is 1. The topological polar surface area (TPSA) is 41.0 Å². The van der Waals surface area contributed by atoms with Crippen molar-refractivity contribution in [2.75, 3.05) is 13.1 Å². The number of nitrogens with zero attached hydrogens (tertiary/aromatic N) is 2. The highest BCUT2D eigenvalue weighted by Gasteiger charge is 2.14. The van der Waals surface area contributed by atoms with Gasteiger partial charge in [-0.1, -0.05) is 27.6 Å². The lowest BCUT2D eigenvalue weighted by Gasteiger charge is -2.21. The molecule has 2 aromatic rings. The van der Waals surface area contributed by atoms with Crippen LogP contribution in [0.4, 0.5) is 0 Å². The summed E-state index contributed by atoms with van der Waals surface area (Å²) in [6.07, 6.45) is 3.00. The molecule has 0 aliphatic carbocycles. The van der Waals surface area contributed by atoms with E-state index in [1.165, 1.54) is 0 Å². The Kier molecular flexibility index (Phi) is 2.61. The maximum atomic E-state index is 12.0. The van der Waals surface area contributed by atoms with Crippen LogP contribution in [0.3, 0.4) is 0 Å². The summed E-state index contributed by atoms with van der Waals surface area (Å²) in [5.41, 5.74) is 2.90. The van der Waals surface area contributed by atoms with Gasteiger partial charge in [0.1, 0.15) is 0 Å². The van der Waals surface area contributed by atoms with Gasteiger partial charge in [0, 0.05) is 25.2 Å². The van der Waals surface area contributed by atoms with Crippen molar-refractivity contribution >= 4 is 26.1 Å². The predicted molar refractivity (Wildman–Crippen MR) is 72.7 cm³/mol. The van der Waals surface area contributed by atoms with Crippen LogP contribution in [-0.2, 0) is 0 Å². The van der Waals surface area contributed by atoms with Crippen LogP contribution in [0.1, 0.15) is 6.42 Å². The molecule has 0 amide bonds. The zero-order chi connectivity index (χ0) is 11.8. The lowest BCUT2D eigenvalue weighted by molar-refractivity contribution is 0.508. The minimum absolute atomic E-state index is 0.0466. The van der Waals surface area contributed by atoms with Crippen molar-refractivity contribution in [2.45, 2.75) is 6.42 Å². The molecule has 2 heterocycles. The first-order chi connectivity index (χ1) is 8.25. The molecule has 5 heteroatoms. The number of aromatic nitrogens is 2. The fourth-order valence-corrected chi connectivity index (χ4v) is 2.45. The Morgan fingerprint density at radius 2 is 2.12 bits per heavy atom. The largest absolute Gasteiger partial charge is 0.330 e. The molecule has 0 spiro atoms. The standard InChI is InChI=1S/C12H14N3OP/c16-12-13-10-3-1-2-4-11(10)15(12)9-5-7-14(17)8-6-9/h1-5H,6-8,17H2,(H,13,16). The zero-order valence-corrected chi connectivity index (χ0v) is 10.5. The highest BCUT2D eigenvalue weighted by atomic mass is 31.0. The number of rotatable bonds is 1. The molecule has 1 N–H and O–H groups in total. The van der Waals surface area contributed by atoms with E-state index in [4.69, 9.17) is 0 Å². The van der Waals surface area contributed by atoms with E-state index in [2.05, 4.69) is 25.1 Å². The molecule has 1 atom stereocenters. The molecule has 4 nitrogen and oxygen atoms in total. The second-order valence-electron chi connectivity index (χ2n) is 4.22. The van der Waals surface area contributed by atoms with Gasteiger partial charge in [0.2, 0.25) is 0 Å². The van der Waals surface area contributed by atoms with Gasteiger partial charge < -0.3 is 4.98 Å². The molecular formula is C12H14N3OP.